The minimum Gasteiger partial charge on any atom is -0.477 e. The van der Waals surface area contributed by atoms with E-state index in [1.807, 2.05) is 0 Å². The Labute approximate surface area is 85.2 Å². The van der Waals surface area contributed by atoms with Crippen molar-refractivity contribution in [2.45, 2.75) is 19.4 Å². The highest BCUT2D eigenvalue weighted by atomic mass is 35.5. The third-order valence-corrected chi connectivity index (χ3v) is 2.40. The molecule has 0 saturated carbocycles. The number of carboxylic acid groups (broad SMARTS) is 1. The SMILES string of the molecule is O=C(O)c1nn2c(c1Cl)OCCCC2. The molecule has 1 aromatic heterocycles. The van der Waals surface area contributed by atoms with Gasteiger partial charge >= 0.3 is 5.97 Å². The van der Waals surface area contributed by atoms with E-state index in [1.54, 1.807) is 0 Å². The molecule has 1 aliphatic rings. The van der Waals surface area contributed by atoms with Crippen molar-refractivity contribution in [1.82, 2.24) is 9.78 Å². The molecule has 0 unspecified atom stereocenters. The predicted octanol–water partition coefficient (Wildman–Crippen LogP) is 1.41. The Kier molecular flexibility index (Phi) is 2.33. The van der Waals surface area contributed by atoms with Crippen molar-refractivity contribution in [3.63, 3.8) is 0 Å². The molecule has 1 N–H and O–H groups in total. The number of fused-ring (bicyclic) bond motifs is 1. The third kappa shape index (κ3) is 1.43. The van der Waals surface area contributed by atoms with Crippen LogP contribution >= 0.6 is 11.6 Å². The standard InChI is InChI=1S/C8H9ClN2O3/c9-5-6(8(12)13)10-11-3-1-2-4-14-7(5)11/h1-4H2,(H,12,13). The minimum absolute atomic E-state index is 0.0967. The molecule has 0 atom stereocenters. The second-order valence-electron chi connectivity index (χ2n) is 3.05. The van der Waals surface area contributed by atoms with Crippen molar-refractivity contribution in [2.24, 2.45) is 0 Å². The van der Waals surface area contributed by atoms with Crippen molar-refractivity contribution in [3.05, 3.63) is 10.7 Å². The Hall–Kier alpha value is -1.23. The van der Waals surface area contributed by atoms with Gasteiger partial charge in [0.2, 0.25) is 5.88 Å². The van der Waals surface area contributed by atoms with Crippen LogP contribution in [0.15, 0.2) is 0 Å². The average Bonchev–Trinajstić information content (AvgIpc) is 2.37. The third-order valence-electron chi connectivity index (χ3n) is 2.06. The molecular formula is C8H9ClN2O3. The van der Waals surface area contributed by atoms with Crippen LogP contribution in [0.4, 0.5) is 0 Å². The fourth-order valence-electron chi connectivity index (χ4n) is 1.38. The number of aromatic carboxylic acids is 1. The molecule has 76 valence electrons. The van der Waals surface area contributed by atoms with Crippen molar-refractivity contribution in [2.75, 3.05) is 6.61 Å². The molecule has 2 rings (SSSR count). The topological polar surface area (TPSA) is 64.3 Å². The Balaban J connectivity index is 2.45. The van der Waals surface area contributed by atoms with Gasteiger partial charge in [-0.05, 0) is 12.8 Å². The zero-order valence-corrected chi connectivity index (χ0v) is 8.12. The minimum atomic E-state index is -1.13. The highest BCUT2D eigenvalue weighted by molar-refractivity contribution is 6.34. The van der Waals surface area contributed by atoms with Crippen molar-refractivity contribution in [1.29, 1.82) is 0 Å². The van der Waals surface area contributed by atoms with Crippen LogP contribution in [-0.2, 0) is 6.54 Å². The normalized spacial score (nSPS) is 15.5. The second kappa shape index (κ2) is 3.49. The summed E-state index contributed by atoms with van der Waals surface area (Å²) in [5.41, 5.74) is -0.136. The Morgan fingerprint density at radius 1 is 1.57 bits per heavy atom. The highest BCUT2D eigenvalue weighted by Crippen LogP contribution is 2.30. The van der Waals surface area contributed by atoms with Crippen molar-refractivity contribution >= 4 is 17.6 Å². The number of carboxylic acids is 1. The first-order valence-electron chi connectivity index (χ1n) is 4.32. The second-order valence-corrected chi connectivity index (χ2v) is 3.43. The van der Waals surface area contributed by atoms with Gasteiger partial charge in [0.05, 0.1) is 6.61 Å². The fraction of sp³-hybridized carbons (Fsp3) is 0.500. The summed E-state index contributed by atoms with van der Waals surface area (Å²) in [7, 11) is 0. The summed E-state index contributed by atoms with van der Waals surface area (Å²) in [6, 6.07) is 0. The van der Waals surface area contributed by atoms with Gasteiger partial charge < -0.3 is 9.84 Å². The molecule has 2 heterocycles. The molecule has 0 amide bonds. The van der Waals surface area contributed by atoms with E-state index >= 15 is 0 Å². The summed E-state index contributed by atoms with van der Waals surface area (Å²) in [4.78, 5) is 10.7. The molecule has 0 saturated heterocycles. The lowest BCUT2D eigenvalue weighted by Gasteiger charge is -2.01. The number of aryl methyl sites for hydroxylation is 1. The number of halogens is 1. The molecule has 0 radical (unpaired) electrons. The largest absolute Gasteiger partial charge is 0.477 e. The first-order valence-corrected chi connectivity index (χ1v) is 4.70. The van der Waals surface area contributed by atoms with Crippen LogP contribution in [0, 0.1) is 0 Å². The van der Waals surface area contributed by atoms with Gasteiger partial charge in [0.25, 0.3) is 0 Å². The van der Waals surface area contributed by atoms with E-state index in [1.165, 1.54) is 4.68 Å². The van der Waals surface area contributed by atoms with Crippen LogP contribution in [0.5, 0.6) is 5.88 Å². The van der Waals surface area contributed by atoms with E-state index in [4.69, 9.17) is 21.4 Å². The maximum absolute atomic E-state index is 10.7. The first-order chi connectivity index (χ1) is 6.70. The summed E-state index contributed by atoms with van der Waals surface area (Å²) in [6.07, 6.45) is 1.85. The Bertz CT molecular complexity index is 375. The van der Waals surface area contributed by atoms with Crippen LogP contribution in [0.25, 0.3) is 0 Å². The summed E-state index contributed by atoms with van der Waals surface area (Å²) in [5, 5.41) is 12.7. The molecule has 6 heteroatoms. The quantitative estimate of drug-likeness (QED) is 0.771. The van der Waals surface area contributed by atoms with E-state index in [9.17, 15) is 4.79 Å². The number of ether oxygens (including phenoxy) is 1. The van der Waals surface area contributed by atoms with Crippen molar-refractivity contribution < 1.29 is 14.6 Å². The lowest BCUT2D eigenvalue weighted by Crippen LogP contribution is -2.02. The zero-order chi connectivity index (χ0) is 10.1. The average molecular weight is 217 g/mol. The van der Waals surface area contributed by atoms with Gasteiger partial charge in [0.1, 0.15) is 5.02 Å². The number of hydrogen-bond donors (Lipinski definition) is 1. The molecular weight excluding hydrogens is 208 g/mol. The number of nitrogens with zero attached hydrogens (tertiary/aromatic N) is 2. The summed E-state index contributed by atoms with van der Waals surface area (Å²) < 4.78 is 6.83. The molecule has 14 heavy (non-hydrogen) atoms. The summed E-state index contributed by atoms with van der Waals surface area (Å²) in [5.74, 6) is -0.749. The Morgan fingerprint density at radius 2 is 2.36 bits per heavy atom. The molecule has 1 aromatic rings. The molecule has 0 fully saturated rings. The van der Waals surface area contributed by atoms with E-state index < -0.39 is 5.97 Å². The van der Waals surface area contributed by atoms with Gasteiger partial charge in [-0.1, -0.05) is 11.6 Å². The maximum atomic E-state index is 10.7. The van der Waals surface area contributed by atoms with Gasteiger partial charge in [0, 0.05) is 6.54 Å². The number of carbonyl (C=O) groups is 1. The molecule has 0 bridgehead atoms. The highest BCUT2D eigenvalue weighted by Gasteiger charge is 2.23. The molecule has 0 aromatic carbocycles. The van der Waals surface area contributed by atoms with Crippen LogP contribution in [0.1, 0.15) is 23.3 Å². The van der Waals surface area contributed by atoms with Gasteiger partial charge in [-0.15, -0.1) is 0 Å². The lowest BCUT2D eigenvalue weighted by molar-refractivity contribution is 0.0689. The van der Waals surface area contributed by atoms with Gasteiger partial charge in [-0.25, -0.2) is 9.48 Å². The number of aromatic nitrogens is 2. The first kappa shape index (κ1) is 9.33. The van der Waals surface area contributed by atoms with Crippen molar-refractivity contribution in [3.8, 4) is 5.88 Å². The molecule has 0 spiro atoms. The summed E-state index contributed by atoms with van der Waals surface area (Å²) in [6.45, 7) is 1.22. The number of hydrogen-bond acceptors (Lipinski definition) is 3. The van der Waals surface area contributed by atoms with Crippen LogP contribution in [0.2, 0.25) is 5.02 Å². The van der Waals surface area contributed by atoms with Crippen LogP contribution < -0.4 is 4.74 Å². The zero-order valence-electron chi connectivity index (χ0n) is 7.36. The van der Waals surface area contributed by atoms with Crippen LogP contribution in [0.3, 0.4) is 0 Å². The van der Waals surface area contributed by atoms with E-state index in [2.05, 4.69) is 5.10 Å². The lowest BCUT2D eigenvalue weighted by atomic mass is 10.3. The number of rotatable bonds is 1. The fourth-order valence-corrected chi connectivity index (χ4v) is 1.65. The Morgan fingerprint density at radius 3 is 3.07 bits per heavy atom. The maximum Gasteiger partial charge on any atom is 0.358 e. The van der Waals surface area contributed by atoms with E-state index in [0.29, 0.717) is 19.0 Å². The van der Waals surface area contributed by atoms with Crippen LogP contribution in [-0.4, -0.2) is 27.5 Å². The van der Waals surface area contributed by atoms with E-state index in [-0.39, 0.29) is 10.7 Å². The van der Waals surface area contributed by atoms with Gasteiger partial charge in [-0.3, -0.25) is 0 Å². The monoisotopic (exact) mass is 216 g/mol. The smallest absolute Gasteiger partial charge is 0.358 e. The molecule has 5 nitrogen and oxygen atoms in total. The predicted molar refractivity (Wildman–Crippen MR) is 48.9 cm³/mol. The molecule has 0 aliphatic carbocycles. The van der Waals surface area contributed by atoms with E-state index in [0.717, 1.165) is 12.8 Å². The molecule has 1 aliphatic heterocycles. The van der Waals surface area contributed by atoms with Gasteiger partial charge in [0.15, 0.2) is 5.69 Å². The summed E-state index contributed by atoms with van der Waals surface area (Å²) >= 11 is 5.82. The van der Waals surface area contributed by atoms with Gasteiger partial charge in [-0.2, -0.15) is 5.10 Å².